The number of halogens is 3. The summed E-state index contributed by atoms with van der Waals surface area (Å²) in [4.78, 5) is 9.08. The predicted octanol–water partition coefficient (Wildman–Crippen LogP) is 3.28. The van der Waals surface area contributed by atoms with Crippen LogP contribution >= 0.6 is 0 Å². The number of alkyl halides is 3. The normalized spacial score (nSPS) is 12.0. The van der Waals surface area contributed by atoms with Crippen LogP contribution in [0.1, 0.15) is 53.9 Å². The summed E-state index contributed by atoms with van der Waals surface area (Å²) in [7, 11) is -2.32. The molecule has 0 aromatic rings. The van der Waals surface area contributed by atoms with Gasteiger partial charge in [0, 0.05) is 18.6 Å². The molecule has 0 atom stereocenters. The molecule has 0 fully saturated rings. The molecule has 0 unspecified atom stereocenters. The fraction of sp³-hybridized carbons (Fsp3) is 1.00. The van der Waals surface area contributed by atoms with E-state index in [9.17, 15) is 13.2 Å². The highest BCUT2D eigenvalue weighted by molar-refractivity contribution is 6.34. The van der Waals surface area contributed by atoms with Gasteiger partial charge in [0.2, 0.25) is 0 Å². The van der Waals surface area contributed by atoms with E-state index in [-0.39, 0.29) is 18.6 Å². The summed E-state index contributed by atoms with van der Waals surface area (Å²) in [6, 6.07) is 0. The van der Waals surface area contributed by atoms with Crippen LogP contribution < -0.4 is 0 Å². The minimum absolute atomic E-state index is 0.0559. The summed E-state index contributed by atoms with van der Waals surface area (Å²) in [5, 5.41) is 0. The van der Waals surface area contributed by atoms with E-state index in [0.717, 1.165) is 0 Å². The lowest BCUT2D eigenvalue weighted by molar-refractivity contribution is -0.135. The van der Waals surface area contributed by atoms with Crippen LogP contribution in [0.2, 0.25) is 0 Å². The van der Waals surface area contributed by atoms with Crippen molar-refractivity contribution in [2.45, 2.75) is 72.3 Å². The van der Waals surface area contributed by atoms with Crippen LogP contribution in [0, 0.1) is 0 Å². The SMILES string of the molecule is CC(C)O[SiH](O)OC(C)C.CCCCC(F)(F)F. The number of hydrogen-bond acceptors (Lipinski definition) is 3. The molecule has 18 heavy (non-hydrogen) atoms. The largest absolute Gasteiger partial charge is 0.481 e. The molecule has 0 saturated heterocycles. The summed E-state index contributed by atoms with van der Waals surface area (Å²) in [6.45, 7) is 9.24. The first-order valence-electron chi connectivity index (χ1n) is 6.14. The minimum atomic E-state index is -3.95. The van der Waals surface area contributed by atoms with Crippen molar-refractivity contribution in [2.24, 2.45) is 0 Å². The fourth-order valence-electron chi connectivity index (χ4n) is 0.875. The molecule has 0 aromatic heterocycles. The molecule has 3 nitrogen and oxygen atoms in total. The van der Waals surface area contributed by atoms with Gasteiger partial charge in [-0.2, -0.15) is 13.2 Å². The Hall–Kier alpha value is -0.113. The van der Waals surface area contributed by atoms with Gasteiger partial charge in [-0.3, -0.25) is 0 Å². The molecule has 0 aliphatic heterocycles. The molecule has 0 amide bonds. The third-order valence-electron chi connectivity index (χ3n) is 1.59. The standard InChI is InChI=1S/C6H16O3Si.C5H9F3/c1-5(2)8-10(7)9-6(3)4;1-2-3-4-5(6,7)8/h5-7,10H,1-4H3;2-4H2,1H3. The van der Waals surface area contributed by atoms with Crippen LogP contribution in [0.15, 0.2) is 0 Å². The van der Waals surface area contributed by atoms with E-state index in [1.165, 1.54) is 0 Å². The van der Waals surface area contributed by atoms with Crippen molar-refractivity contribution in [3.05, 3.63) is 0 Å². The lowest BCUT2D eigenvalue weighted by Gasteiger charge is -2.15. The van der Waals surface area contributed by atoms with Crippen LogP contribution in [0.5, 0.6) is 0 Å². The first-order valence-corrected chi connectivity index (χ1v) is 7.60. The van der Waals surface area contributed by atoms with E-state index in [0.29, 0.717) is 6.42 Å². The predicted molar refractivity (Wildman–Crippen MR) is 67.4 cm³/mol. The Balaban J connectivity index is 0. The molecule has 0 aliphatic rings. The summed E-state index contributed by atoms with van der Waals surface area (Å²) >= 11 is 0. The third kappa shape index (κ3) is 21.2. The number of rotatable bonds is 6. The Kier molecular flexibility index (Phi) is 12.1. The Bertz CT molecular complexity index is 177. The first kappa shape index (κ1) is 20.2. The summed E-state index contributed by atoms with van der Waals surface area (Å²) in [5.74, 6) is 0. The highest BCUT2D eigenvalue weighted by atomic mass is 28.3. The van der Waals surface area contributed by atoms with Crippen LogP contribution in [0.3, 0.4) is 0 Å². The van der Waals surface area contributed by atoms with Gasteiger partial charge >= 0.3 is 15.7 Å². The van der Waals surface area contributed by atoms with Gasteiger partial charge in [-0.15, -0.1) is 0 Å². The molecule has 0 aliphatic carbocycles. The van der Waals surface area contributed by atoms with Crippen molar-refractivity contribution >= 4 is 9.53 Å². The zero-order chi connectivity index (χ0) is 14.8. The molecule has 0 saturated carbocycles. The van der Waals surface area contributed by atoms with Crippen molar-refractivity contribution in [2.75, 3.05) is 0 Å². The highest BCUT2D eigenvalue weighted by Gasteiger charge is 2.25. The van der Waals surface area contributed by atoms with Gasteiger partial charge in [-0.05, 0) is 34.1 Å². The maximum absolute atomic E-state index is 11.2. The van der Waals surface area contributed by atoms with E-state index < -0.39 is 22.1 Å². The Morgan fingerprint density at radius 3 is 1.61 bits per heavy atom. The van der Waals surface area contributed by atoms with Gasteiger partial charge in [0.15, 0.2) is 0 Å². The number of unbranched alkanes of at least 4 members (excludes halogenated alkanes) is 1. The molecule has 112 valence electrons. The van der Waals surface area contributed by atoms with E-state index in [1.54, 1.807) is 6.92 Å². The van der Waals surface area contributed by atoms with E-state index in [4.69, 9.17) is 13.6 Å². The molecule has 7 heteroatoms. The lowest BCUT2D eigenvalue weighted by atomic mass is 10.2. The summed E-state index contributed by atoms with van der Waals surface area (Å²) in [5.41, 5.74) is 0. The van der Waals surface area contributed by atoms with Gasteiger partial charge < -0.3 is 13.6 Å². The van der Waals surface area contributed by atoms with E-state index >= 15 is 0 Å². The lowest BCUT2D eigenvalue weighted by Crippen LogP contribution is -2.29. The quantitative estimate of drug-likeness (QED) is 0.763. The Morgan fingerprint density at radius 1 is 1.06 bits per heavy atom. The van der Waals surface area contributed by atoms with Crippen LogP contribution in [0.25, 0.3) is 0 Å². The molecule has 0 radical (unpaired) electrons. The second kappa shape index (κ2) is 10.8. The molecular weight excluding hydrogens is 265 g/mol. The van der Waals surface area contributed by atoms with Crippen molar-refractivity contribution in [3.63, 3.8) is 0 Å². The van der Waals surface area contributed by atoms with E-state index in [2.05, 4.69) is 0 Å². The third-order valence-corrected chi connectivity index (χ3v) is 3.15. The Morgan fingerprint density at radius 2 is 1.44 bits per heavy atom. The average molecular weight is 290 g/mol. The first-order chi connectivity index (χ1) is 8.08. The van der Waals surface area contributed by atoms with Crippen LogP contribution in [-0.4, -0.2) is 32.7 Å². The second-order valence-corrected chi connectivity index (χ2v) is 5.55. The zero-order valence-corrected chi connectivity index (χ0v) is 12.9. The molecular formula is C11H25F3O3Si. The maximum Gasteiger partial charge on any atom is 0.481 e. The van der Waals surface area contributed by atoms with Gasteiger partial charge in [0.1, 0.15) is 0 Å². The molecule has 0 rings (SSSR count). The smallest absolute Gasteiger partial charge is 0.392 e. The molecule has 1 N–H and O–H groups in total. The van der Waals surface area contributed by atoms with Gasteiger partial charge in [-0.25, -0.2) is 0 Å². The van der Waals surface area contributed by atoms with Crippen LogP contribution in [0.4, 0.5) is 13.2 Å². The molecule has 0 heterocycles. The minimum Gasteiger partial charge on any atom is -0.392 e. The van der Waals surface area contributed by atoms with Crippen LogP contribution in [-0.2, 0) is 8.85 Å². The molecule has 0 aromatic carbocycles. The van der Waals surface area contributed by atoms with Crippen molar-refractivity contribution in [1.82, 2.24) is 0 Å². The van der Waals surface area contributed by atoms with Gasteiger partial charge in [-0.1, -0.05) is 13.3 Å². The van der Waals surface area contributed by atoms with E-state index in [1.807, 2.05) is 27.7 Å². The maximum atomic E-state index is 11.2. The summed E-state index contributed by atoms with van der Waals surface area (Å²) < 4.78 is 43.8. The average Bonchev–Trinajstić information content (AvgIpc) is 2.11. The Labute approximate surface area is 109 Å². The second-order valence-electron chi connectivity index (χ2n) is 4.40. The van der Waals surface area contributed by atoms with Crippen molar-refractivity contribution in [3.8, 4) is 0 Å². The highest BCUT2D eigenvalue weighted by Crippen LogP contribution is 2.21. The number of hydrogen-bond donors (Lipinski definition) is 1. The van der Waals surface area contributed by atoms with Crippen molar-refractivity contribution < 1.29 is 26.8 Å². The van der Waals surface area contributed by atoms with Gasteiger partial charge in [0.05, 0.1) is 0 Å². The summed E-state index contributed by atoms with van der Waals surface area (Å²) in [6.07, 6.45) is -3.61. The zero-order valence-electron chi connectivity index (χ0n) is 11.8. The molecule has 0 spiro atoms. The topological polar surface area (TPSA) is 38.7 Å². The molecule has 0 bridgehead atoms. The monoisotopic (exact) mass is 290 g/mol. The van der Waals surface area contributed by atoms with Gasteiger partial charge in [0.25, 0.3) is 0 Å². The van der Waals surface area contributed by atoms with Crippen molar-refractivity contribution in [1.29, 1.82) is 0 Å². The fourth-order valence-corrected chi connectivity index (χ4v) is 1.87.